The Morgan fingerprint density at radius 3 is 2.41 bits per heavy atom. The van der Waals surface area contributed by atoms with E-state index >= 15 is 0 Å². The predicted octanol–water partition coefficient (Wildman–Crippen LogP) is 2.06. The van der Waals surface area contributed by atoms with Crippen LogP contribution in [0, 0.1) is 0 Å². The van der Waals surface area contributed by atoms with Gasteiger partial charge in [-0.1, -0.05) is 6.92 Å². The molecule has 1 aliphatic rings. The van der Waals surface area contributed by atoms with Gasteiger partial charge in [-0.25, -0.2) is 0 Å². The van der Waals surface area contributed by atoms with E-state index in [2.05, 4.69) is 17.3 Å². The van der Waals surface area contributed by atoms with Crippen molar-refractivity contribution in [2.24, 2.45) is 0 Å². The summed E-state index contributed by atoms with van der Waals surface area (Å²) in [6.45, 7) is 4.02. The highest BCUT2D eigenvalue weighted by Gasteiger charge is 2.24. The average molecular weight is 306 g/mol. The van der Waals surface area contributed by atoms with Gasteiger partial charge in [0.05, 0.1) is 7.11 Å². The molecule has 0 aromatic heterocycles. The molecular formula is C17H26N2O3. The summed E-state index contributed by atoms with van der Waals surface area (Å²) in [5.74, 6) is 1.44. The molecule has 1 fully saturated rings. The smallest absolute Gasteiger partial charge is 0.261 e. The number of hydrogen-bond donors (Lipinski definition) is 1. The van der Waals surface area contributed by atoms with Crippen LogP contribution in [0.15, 0.2) is 24.3 Å². The minimum Gasteiger partial charge on any atom is -0.497 e. The number of benzene rings is 1. The van der Waals surface area contributed by atoms with Gasteiger partial charge in [0.2, 0.25) is 0 Å². The topological polar surface area (TPSA) is 50.8 Å². The second kappa shape index (κ2) is 8.03. The zero-order chi connectivity index (χ0) is 15.9. The average Bonchev–Trinajstić information content (AvgIpc) is 2.55. The molecule has 1 saturated heterocycles. The standard InChI is InChI=1S/C17H26N2O3/c1-4-16(22-15-7-5-14(21-3)6-8-15)17(20)18-13-9-11-19(2)12-10-13/h5-8,13,16H,4,9-12H2,1-3H3,(H,18,20)/t16-/m1/s1. The lowest BCUT2D eigenvalue weighted by atomic mass is 10.1. The van der Waals surface area contributed by atoms with Crippen molar-refractivity contribution in [2.75, 3.05) is 27.2 Å². The van der Waals surface area contributed by atoms with Crippen molar-refractivity contribution >= 4 is 5.91 Å². The quantitative estimate of drug-likeness (QED) is 0.874. The Balaban J connectivity index is 1.88. The van der Waals surface area contributed by atoms with Gasteiger partial charge in [0.1, 0.15) is 11.5 Å². The van der Waals surface area contributed by atoms with Crippen molar-refractivity contribution in [1.82, 2.24) is 10.2 Å². The number of piperidine rings is 1. The van der Waals surface area contributed by atoms with E-state index in [-0.39, 0.29) is 11.9 Å². The molecule has 1 aromatic rings. The van der Waals surface area contributed by atoms with E-state index in [0.717, 1.165) is 31.7 Å². The second-order valence-corrected chi connectivity index (χ2v) is 5.78. The Bertz CT molecular complexity index is 467. The molecule has 1 amide bonds. The molecule has 5 nitrogen and oxygen atoms in total. The minimum absolute atomic E-state index is 0.0205. The fraction of sp³-hybridized carbons (Fsp3) is 0.588. The number of likely N-dealkylation sites (tertiary alicyclic amines) is 1. The van der Waals surface area contributed by atoms with E-state index in [1.54, 1.807) is 7.11 Å². The molecule has 0 unspecified atom stereocenters. The van der Waals surface area contributed by atoms with Gasteiger partial charge < -0.3 is 19.7 Å². The molecule has 2 rings (SSSR count). The first-order valence-corrected chi connectivity index (χ1v) is 7.92. The molecule has 0 aliphatic carbocycles. The Hall–Kier alpha value is -1.75. The van der Waals surface area contributed by atoms with E-state index in [0.29, 0.717) is 12.2 Å². The highest BCUT2D eigenvalue weighted by molar-refractivity contribution is 5.81. The molecular weight excluding hydrogens is 280 g/mol. The Kier molecular flexibility index (Phi) is 6.07. The highest BCUT2D eigenvalue weighted by atomic mass is 16.5. The molecule has 0 radical (unpaired) electrons. The lowest BCUT2D eigenvalue weighted by Gasteiger charge is -2.30. The Morgan fingerprint density at radius 1 is 1.27 bits per heavy atom. The van der Waals surface area contributed by atoms with Crippen LogP contribution < -0.4 is 14.8 Å². The number of rotatable bonds is 6. The first-order chi connectivity index (χ1) is 10.6. The van der Waals surface area contributed by atoms with Crippen molar-refractivity contribution in [3.8, 4) is 11.5 Å². The van der Waals surface area contributed by atoms with Crippen molar-refractivity contribution in [1.29, 1.82) is 0 Å². The molecule has 5 heteroatoms. The van der Waals surface area contributed by atoms with Gasteiger partial charge in [-0.3, -0.25) is 4.79 Å². The van der Waals surface area contributed by atoms with Gasteiger partial charge in [-0.15, -0.1) is 0 Å². The Morgan fingerprint density at radius 2 is 1.86 bits per heavy atom. The Labute approximate surface area is 132 Å². The number of nitrogens with zero attached hydrogens (tertiary/aromatic N) is 1. The number of ether oxygens (including phenoxy) is 2. The van der Waals surface area contributed by atoms with E-state index in [9.17, 15) is 4.79 Å². The summed E-state index contributed by atoms with van der Waals surface area (Å²) >= 11 is 0. The normalized spacial score (nSPS) is 17.8. The lowest BCUT2D eigenvalue weighted by molar-refractivity contribution is -0.129. The monoisotopic (exact) mass is 306 g/mol. The summed E-state index contributed by atoms with van der Waals surface area (Å²) in [5, 5.41) is 3.12. The third-order valence-electron chi connectivity index (χ3n) is 4.07. The predicted molar refractivity (Wildman–Crippen MR) is 86.4 cm³/mol. The number of carbonyl (C=O) groups excluding carboxylic acids is 1. The summed E-state index contributed by atoms with van der Waals surface area (Å²) in [5.41, 5.74) is 0. The van der Waals surface area contributed by atoms with E-state index in [1.165, 1.54) is 0 Å². The van der Waals surface area contributed by atoms with Crippen molar-refractivity contribution in [3.05, 3.63) is 24.3 Å². The number of nitrogens with one attached hydrogen (secondary N) is 1. The van der Waals surface area contributed by atoms with Crippen molar-refractivity contribution in [2.45, 2.75) is 38.3 Å². The second-order valence-electron chi connectivity index (χ2n) is 5.78. The summed E-state index contributed by atoms with van der Waals surface area (Å²) in [7, 11) is 3.74. The van der Waals surface area contributed by atoms with Crippen molar-refractivity contribution in [3.63, 3.8) is 0 Å². The number of carbonyl (C=O) groups is 1. The molecule has 0 bridgehead atoms. The van der Waals surface area contributed by atoms with Crippen LogP contribution in [0.25, 0.3) is 0 Å². The maximum atomic E-state index is 12.4. The van der Waals surface area contributed by atoms with E-state index in [1.807, 2.05) is 31.2 Å². The van der Waals surface area contributed by atoms with E-state index < -0.39 is 6.10 Å². The van der Waals surface area contributed by atoms with Gasteiger partial charge >= 0.3 is 0 Å². The summed E-state index contributed by atoms with van der Waals surface area (Å²) in [4.78, 5) is 14.7. The van der Waals surface area contributed by atoms with Gasteiger partial charge in [0.15, 0.2) is 6.10 Å². The first-order valence-electron chi connectivity index (χ1n) is 7.92. The fourth-order valence-corrected chi connectivity index (χ4v) is 2.59. The largest absolute Gasteiger partial charge is 0.497 e. The molecule has 1 N–H and O–H groups in total. The van der Waals surface area contributed by atoms with Crippen LogP contribution in [0.2, 0.25) is 0 Å². The molecule has 122 valence electrons. The van der Waals surface area contributed by atoms with Crippen molar-refractivity contribution < 1.29 is 14.3 Å². The van der Waals surface area contributed by atoms with Crippen LogP contribution in [-0.2, 0) is 4.79 Å². The summed E-state index contributed by atoms with van der Waals surface area (Å²) in [6.07, 6.45) is 2.19. The zero-order valence-electron chi connectivity index (χ0n) is 13.7. The SMILES string of the molecule is CC[C@@H](Oc1ccc(OC)cc1)C(=O)NC1CCN(C)CC1. The van der Waals surface area contributed by atoms with Gasteiger partial charge in [0.25, 0.3) is 5.91 Å². The van der Waals surface area contributed by atoms with Crippen LogP contribution in [-0.4, -0.2) is 50.2 Å². The first kappa shape index (κ1) is 16.6. The van der Waals surface area contributed by atoms with Crippen LogP contribution in [0.4, 0.5) is 0 Å². The molecule has 0 saturated carbocycles. The zero-order valence-corrected chi connectivity index (χ0v) is 13.7. The fourth-order valence-electron chi connectivity index (χ4n) is 2.59. The number of hydrogen-bond acceptors (Lipinski definition) is 4. The molecule has 1 aromatic carbocycles. The van der Waals surface area contributed by atoms with Gasteiger partial charge in [-0.05, 0) is 63.7 Å². The third kappa shape index (κ3) is 4.63. The minimum atomic E-state index is -0.451. The van der Waals surface area contributed by atoms with Crippen LogP contribution in [0.5, 0.6) is 11.5 Å². The third-order valence-corrected chi connectivity index (χ3v) is 4.07. The maximum absolute atomic E-state index is 12.4. The van der Waals surface area contributed by atoms with Gasteiger partial charge in [-0.2, -0.15) is 0 Å². The van der Waals surface area contributed by atoms with Crippen LogP contribution in [0.3, 0.4) is 0 Å². The lowest BCUT2D eigenvalue weighted by Crippen LogP contribution is -2.47. The molecule has 22 heavy (non-hydrogen) atoms. The molecule has 0 spiro atoms. The summed E-state index contributed by atoms with van der Waals surface area (Å²) < 4.78 is 10.9. The molecule has 1 heterocycles. The van der Waals surface area contributed by atoms with Gasteiger partial charge in [0, 0.05) is 6.04 Å². The molecule has 1 aliphatic heterocycles. The van der Waals surface area contributed by atoms with Crippen LogP contribution >= 0.6 is 0 Å². The molecule has 1 atom stereocenters. The van der Waals surface area contributed by atoms with Crippen LogP contribution in [0.1, 0.15) is 26.2 Å². The number of methoxy groups -OCH3 is 1. The number of amides is 1. The summed E-state index contributed by atoms with van der Waals surface area (Å²) in [6, 6.07) is 7.57. The maximum Gasteiger partial charge on any atom is 0.261 e. The highest BCUT2D eigenvalue weighted by Crippen LogP contribution is 2.19. The van der Waals surface area contributed by atoms with E-state index in [4.69, 9.17) is 9.47 Å².